The predicted octanol–water partition coefficient (Wildman–Crippen LogP) is 8.71. The lowest BCUT2D eigenvalue weighted by Crippen LogP contribution is -1.86. The van der Waals surface area contributed by atoms with Crippen molar-refractivity contribution in [3.05, 3.63) is 120 Å². The lowest BCUT2D eigenvalue weighted by Gasteiger charge is -2.10. The van der Waals surface area contributed by atoms with Crippen LogP contribution in [-0.2, 0) is 11.5 Å². The van der Waals surface area contributed by atoms with E-state index in [1.807, 2.05) is 35.7 Å². The average molecular weight is 425 g/mol. The van der Waals surface area contributed by atoms with Crippen LogP contribution in [0.3, 0.4) is 0 Å². The van der Waals surface area contributed by atoms with Crippen molar-refractivity contribution in [3.8, 4) is 0 Å². The van der Waals surface area contributed by atoms with Gasteiger partial charge < -0.3 is 0 Å². The van der Waals surface area contributed by atoms with Crippen LogP contribution in [0.1, 0.15) is 22.3 Å². The van der Waals surface area contributed by atoms with E-state index in [2.05, 4.69) is 98.1 Å². The van der Waals surface area contributed by atoms with Crippen LogP contribution in [0.15, 0.2) is 108 Å². The largest absolute Gasteiger partial charge is 0.121 e. The normalized spacial score (nSPS) is 10.8. The van der Waals surface area contributed by atoms with E-state index in [9.17, 15) is 0 Å². The summed E-state index contributed by atoms with van der Waals surface area (Å²) in [5.74, 6) is 1.91. The first-order valence-corrected chi connectivity index (χ1v) is 11.9. The molecule has 0 spiro atoms. The van der Waals surface area contributed by atoms with Gasteiger partial charge in [-0.1, -0.05) is 92.0 Å². The zero-order valence-electron chi connectivity index (χ0n) is 16.9. The fraction of sp³-hybridized carbons (Fsp3) is 0.0714. The fourth-order valence-corrected chi connectivity index (χ4v) is 5.38. The highest BCUT2D eigenvalue weighted by Crippen LogP contribution is 2.34. The first-order valence-electron chi connectivity index (χ1n) is 9.97. The second kappa shape index (κ2) is 9.88. The quantitative estimate of drug-likeness (QED) is 0.259. The van der Waals surface area contributed by atoms with E-state index in [4.69, 9.17) is 0 Å². The fourth-order valence-electron chi connectivity index (χ4n) is 3.38. The highest BCUT2D eigenvalue weighted by molar-refractivity contribution is 7.99. The molecular weight excluding hydrogens is 400 g/mol. The van der Waals surface area contributed by atoms with Crippen molar-refractivity contribution in [3.63, 3.8) is 0 Å². The Morgan fingerprint density at radius 3 is 2.33 bits per heavy atom. The van der Waals surface area contributed by atoms with Crippen LogP contribution in [0.25, 0.3) is 22.9 Å². The van der Waals surface area contributed by atoms with Gasteiger partial charge in [0.15, 0.2) is 0 Å². The molecule has 0 fully saturated rings. The Bertz CT molecular complexity index is 1170. The summed E-state index contributed by atoms with van der Waals surface area (Å²) in [6, 6.07) is 30.5. The van der Waals surface area contributed by atoms with E-state index in [1.54, 1.807) is 0 Å². The molecule has 4 aromatic carbocycles. The molecule has 0 aliphatic carbocycles. The first-order chi connectivity index (χ1) is 14.8. The highest BCUT2D eigenvalue weighted by atomic mass is 32.2. The molecule has 0 saturated carbocycles. The molecule has 4 aromatic rings. The van der Waals surface area contributed by atoms with Crippen molar-refractivity contribution in [2.45, 2.75) is 21.3 Å². The zero-order chi connectivity index (χ0) is 20.8. The zero-order valence-corrected chi connectivity index (χ0v) is 18.5. The van der Waals surface area contributed by atoms with Gasteiger partial charge in [-0.2, -0.15) is 0 Å². The van der Waals surface area contributed by atoms with E-state index in [0.29, 0.717) is 0 Å². The van der Waals surface area contributed by atoms with E-state index >= 15 is 0 Å². The molecule has 0 nitrogen and oxygen atoms in total. The second-order valence-corrected chi connectivity index (χ2v) is 9.13. The number of hydrogen-bond donors (Lipinski definition) is 0. The molecule has 0 heterocycles. The van der Waals surface area contributed by atoms with Gasteiger partial charge >= 0.3 is 0 Å². The Morgan fingerprint density at radius 1 is 0.700 bits per heavy atom. The van der Waals surface area contributed by atoms with Crippen molar-refractivity contribution in [2.24, 2.45) is 0 Å². The minimum absolute atomic E-state index is 0.943. The molecular formula is C28H24S2. The Balaban J connectivity index is 1.48. The van der Waals surface area contributed by atoms with Crippen molar-refractivity contribution >= 4 is 46.4 Å². The lowest BCUT2D eigenvalue weighted by molar-refractivity contribution is 1.37. The van der Waals surface area contributed by atoms with Crippen LogP contribution in [0.2, 0.25) is 0 Å². The van der Waals surface area contributed by atoms with Crippen molar-refractivity contribution in [1.82, 2.24) is 0 Å². The average Bonchev–Trinajstić information content (AvgIpc) is 2.81. The van der Waals surface area contributed by atoms with Crippen LogP contribution in [-0.4, -0.2) is 0 Å². The van der Waals surface area contributed by atoms with Crippen LogP contribution >= 0.6 is 23.5 Å². The number of benzene rings is 4. The van der Waals surface area contributed by atoms with Gasteiger partial charge in [-0.15, -0.1) is 23.5 Å². The second-order valence-electron chi connectivity index (χ2n) is 7.07. The van der Waals surface area contributed by atoms with E-state index in [-0.39, 0.29) is 0 Å². The van der Waals surface area contributed by atoms with Crippen LogP contribution < -0.4 is 0 Å². The van der Waals surface area contributed by atoms with Gasteiger partial charge in [-0.3, -0.25) is 0 Å². The van der Waals surface area contributed by atoms with Crippen molar-refractivity contribution in [2.75, 3.05) is 0 Å². The summed E-state index contributed by atoms with van der Waals surface area (Å²) in [4.78, 5) is 2.62. The molecule has 0 atom stereocenters. The third-order valence-corrected chi connectivity index (χ3v) is 7.28. The molecule has 0 unspecified atom stereocenters. The molecule has 0 aliphatic heterocycles. The maximum atomic E-state index is 3.94. The molecule has 0 amide bonds. The minimum Gasteiger partial charge on any atom is -0.121 e. The monoisotopic (exact) mass is 424 g/mol. The smallest absolute Gasteiger partial charge is 0.0238 e. The van der Waals surface area contributed by atoms with E-state index in [0.717, 1.165) is 17.1 Å². The summed E-state index contributed by atoms with van der Waals surface area (Å²) in [5, 5.41) is 2.61. The summed E-state index contributed by atoms with van der Waals surface area (Å²) in [7, 11) is 0. The third-order valence-electron chi connectivity index (χ3n) is 5.09. The Kier molecular flexibility index (Phi) is 6.78. The third kappa shape index (κ3) is 4.89. The van der Waals surface area contributed by atoms with E-state index < -0.39 is 0 Å². The maximum absolute atomic E-state index is 3.94. The molecule has 4 rings (SSSR count). The Labute approximate surface area is 187 Å². The van der Waals surface area contributed by atoms with Gasteiger partial charge in [-0.05, 0) is 51.2 Å². The van der Waals surface area contributed by atoms with Gasteiger partial charge in [-0.25, -0.2) is 0 Å². The van der Waals surface area contributed by atoms with E-state index in [1.165, 1.54) is 37.3 Å². The number of rotatable bonds is 8. The van der Waals surface area contributed by atoms with Crippen LogP contribution in [0.5, 0.6) is 0 Å². The number of fused-ring (bicyclic) bond motifs is 1. The minimum atomic E-state index is 0.943. The molecule has 0 aliphatic rings. The van der Waals surface area contributed by atoms with Crippen LogP contribution in [0.4, 0.5) is 0 Å². The SMILES string of the molecule is C=Cc1ccc(CSc2ccc3c(SCc4ccccc4C=C)cccc3c2)cc1. The number of thioether (sulfide) groups is 2. The molecule has 0 radical (unpaired) electrons. The van der Waals surface area contributed by atoms with Gasteiger partial charge in [0, 0.05) is 21.3 Å². The first kappa shape index (κ1) is 20.6. The summed E-state index contributed by atoms with van der Waals surface area (Å²) in [6.45, 7) is 7.76. The summed E-state index contributed by atoms with van der Waals surface area (Å²) in [6.07, 6.45) is 3.82. The van der Waals surface area contributed by atoms with Crippen molar-refractivity contribution < 1.29 is 0 Å². The topological polar surface area (TPSA) is 0 Å². The summed E-state index contributed by atoms with van der Waals surface area (Å²) >= 11 is 3.77. The molecule has 2 heteroatoms. The van der Waals surface area contributed by atoms with Gasteiger partial charge in [0.1, 0.15) is 0 Å². The molecule has 0 N–H and O–H groups in total. The Hall–Kier alpha value is -2.68. The van der Waals surface area contributed by atoms with Gasteiger partial charge in [0.25, 0.3) is 0 Å². The molecule has 148 valence electrons. The molecule has 0 aromatic heterocycles. The standard InChI is InChI=1S/C28H24S2/c1-3-21-12-14-22(15-13-21)19-29-26-16-17-27-24(18-26)10-7-11-28(27)30-20-25-9-6-5-8-23(25)4-2/h3-18H,1-2,19-20H2. The molecule has 0 saturated heterocycles. The lowest BCUT2D eigenvalue weighted by atomic mass is 10.1. The highest BCUT2D eigenvalue weighted by Gasteiger charge is 2.06. The van der Waals surface area contributed by atoms with Crippen molar-refractivity contribution in [1.29, 1.82) is 0 Å². The molecule has 0 bridgehead atoms. The van der Waals surface area contributed by atoms with Crippen LogP contribution in [0, 0.1) is 0 Å². The number of hydrogen-bond acceptors (Lipinski definition) is 2. The molecule has 30 heavy (non-hydrogen) atoms. The summed E-state index contributed by atoms with van der Waals surface area (Å²) in [5.41, 5.74) is 5.03. The summed E-state index contributed by atoms with van der Waals surface area (Å²) < 4.78 is 0. The van der Waals surface area contributed by atoms with Gasteiger partial charge in [0.05, 0.1) is 0 Å². The Morgan fingerprint density at radius 2 is 1.53 bits per heavy atom. The predicted molar refractivity (Wildman–Crippen MR) is 136 cm³/mol. The maximum Gasteiger partial charge on any atom is 0.0238 e. The van der Waals surface area contributed by atoms with Gasteiger partial charge in [0.2, 0.25) is 0 Å².